The van der Waals surface area contributed by atoms with Gasteiger partial charge in [0.2, 0.25) is 0 Å². The molecule has 0 radical (unpaired) electrons. The Morgan fingerprint density at radius 1 is 1.47 bits per heavy atom. The minimum absolute atomic E-state index is 0.426. The first-order valence-corrected chi connectivity index (χ1v) is 5.71. The van der Waals surface area contributed by atoms with E-state index < -0.39 is 6.10 Å². The van der Waals surface area contributed by atoms with Crippen LogP contribution in [0.25, 0.3) is 0 Å². The molecule has 6 heteroatoms. The van der Waals surface area contributed by atoms with Gasteiger partial charge in [-0.1, -0.05) is 11.6 Å². The minimum Gasteiger partial charge on any atom is -0.388 e. The van der Waals surface area contributed by atoms with Crippen LogP contribution in [-0.4, -0.2) is 24.4 Å². The Morgan fingerprint density at radius 3 is 2.65 bits per heavy atom. The third-order valence-corrected chi connectivity index (χ3v) is 3.27. The monoisotopic (exact) mass is 254 g/mol. The largest absolute Gasteiger partial charge is 0.388 e. The Balaban J connectivity index is 2.26. The smallest absolute Gasteiger partial charge is 0.132 e. The van der Waals surface area contributed by atoms with E-state index in [9.17, 15) is 5.11 Å². The molecule has 1 unspecified atom stereocenters. The van der Waals surface area contributed by atoms with E-state index in [-0.39, 0.29) is 0 Å². The van der Waals surface area contributed by atoms with Crippen LogP contribution in [0.15, 0.2) is 12.4 Å². The molecule has 2 heterocycles. The maximum absolute atomic E-state index is 10.2. The fraction of sp³-hybridized carbons (Fsp3) is 0.455. The fourth-order valence-corrected chi connectivity index (χ4v) is 2.19. The predicted octanol–water partition coefficient (Wildman–Crippen LogP) is 1.39. The third-order valence-electron chi connectivity index (χ3n) is 2.83. The SMILES string of the molecule is Cc1nn(C)c(Cl)c1C(O)Cc1nccn1C. The number of aliphatic hydroxyl groups is 1. The lowest BCUT2D eigenvalue weighted by Crippen LogP contribution is -2.07. The second-order valence-corrected chi connectivity index (χ2v) is 4.45. The van der Waals surface area contributed by atoms with Gasteiger partial charge in [-0.25, -0.2) is 4.98 Å². The molecule has 0 aliphatic carbocycles. The molecule has 0 bridgehead atoms. The van der Waals surface area contributed by atoms with Crippen molar-refractivity contribution in [2.24, 2.45) is 14.1 Å². The minimum atomic E-state index is -0.683. The van der Waals surface area contributed by atoms with Crippen molar-refractivity contribution in [3.63, 3.8) is 0 Å². The molecule has 0 fully saturated rings. The maximum atomic E-state index is 10.2. The first-order valence-electron chi connectivity index (χ1n) is 5.34. The van der Waals surface area contributed by atoms with Gasteiger partial charge >= 0.3 is 0 Å². The summed E-state index contributed by atoms with van der Waals surface area (Å²) >= 11 is 6.10. The van der Waals surface area contributed by atoms with Crippen molar-refractivity contribution in [2.75, 3.05) is 0 Å². The number of hydrogen-bond acceptors (Lipinski definition) is 3. The summed E-state index contributed by atoms with van der Waals surface area (Å²) in [5, 5.41) is 14.9. The van der Waals surface area contributed by atoms with E-state index in [2.05, 4.69) is 10.1 Å². The number of rotatable bonds is 3. The zero-order valence-electron chi connectivity index (χ0n) is 10.1. The van der Waals surface area contributed by atoms with E-state index in [0.29, 0.717) is 17.1 Å². The van der Waals surface area contributed by atoms with Gasteiger partial charge in [0.05, 0.1) is 11.8 Å². The summed E-state index contributed by atoms with van der Waals surface area (Å²) in [5.74, 6) is 0.816. The lowest BCUT2D eigenvalue weighted by molar-refractivity contribution is 0.174. The summed E-state index contributed by atoms with van der Waals surface area (Å²) < 4.78 is 3.44. The molecule has 2 aromatic heterocycles. The highest BCUT2D eigenvalue weighted by molar-refractivity contribution is 6.30. The molecular formula is C11H15ClN4O. The molecule has 0 amide bonds. The van der Waals surface area contributed by atoms with E-state index in [4.69, 9.17) is 11.6 Å². The summed E-state index contributed by atoms with van der Waals surface area (Å²) in [6.45, 7) is 1.84. The summed E-state index contributed by atoms with van der Waals surface area (Å²) in [6, 6.07) is 0. The van der Waals surface area contributed by atoms with Crippen molar-refractivity contribution in [3.05, 3.63) is 34.6 Å². The number of aliphatic hydroxyl groups excluding tert-OH is 1. The molecule has 0 aliphatic heterocycles. The van der Waals surface area contributed by atoms with Crippen LogP contribution >= 0.6 is 11.6 Å². The van der Waals surface area contributed by atoms with Crippen LogP contribution in [0, 0.1) is 6.92 Å². The van der Waals surface area contributed by atoms with Crippen molar-refractivity contribution in [1.29, 1.82) is 0 Å². The van der Waals surface area contributed by atoms with Crippen LogP contribution in [-0.2, 0) is 20.5 Å². The molecule has 0 saturated heterocycles. The first-order chi connectivity index (χ1) is 8.00. The Labute approximate surface area is 105 Å². The first kappa shape index (κ1) is 12.1. The quantitative estimate of drug-likeness (QED) is 0.901. The zero-order valence-corrected chi connectivity index (χ0v) is 10.8. The van der Waals surface area contributed by atoms with Gasteiger partial charge in [0, 0.05) is 38.5 Å². The summed E-state index contributed by atoms with van der Waals surface area (Å²) in [4.78, 5) is 4.18. The summed E-state index contributed by atoms with van der Waals surface area (Å²) in [7, 11) is 3.65. The van der Waals surface area contributed by atoms with Crippen molar-refractivity contribution < 1.29 is 5.11 Å². The van der Waals surface area contributed by atoms with Crippen LogP contribution in [0.1, 0.15) is 23.2 Å². The van der Waals surface area contributed by atoms with Crippen LogP contribution in [0.5, 0.6) is 0 Å². The predicted molar refractivity (Wildman–Crippen MR) is 64.8 cm³/mol. The third kappa shape index (κ3) is 2.21. The molecule has 5 nitrogen and oxygen atoms in total. The highest BCUT2D eigenvalue weighted by Crippen LogP contribution is 2.27. The molecule has 17 heavy (non-hydrogen) atoms. The topological polar surface area (TPSA) is 55.9 Å². The number of nitrogens with zero attached hydrogens (tertiary/aromatic N) is 4. The molecule has 2 aromatic rings. The van der Waals surface area contributed by atoms with Gasteiger partial charge in [-0.05, 0) is 6.92 Å². The van der Waals surface area contributed by atoms with Crippen LogP contribution in [0.3, 0.4) is 0 Å². The van der Waals surface area contributed by atoms with Gasteiger partial charge in [0.25, 0.3) is 0 Å². The zero-order chi connectivity index (χ0) is 12.6. The molecule has 1 N–H and O–H groups in total. The molecule has 0 spiro atoms. The van der Waals surface area contributed by atoms with Gasteiger partial charge in [-0.15, -0.1) is 0 Å². The Hall–Kier alpha value is -1.33. The van der Waals surface area contributed by atoms with Gasteiger partial charge in [0.1, 0.15) is 11.0 Å². The van der Waals surface area contributed by atoms with E-state index in [1.54, 1.807) is 17.9 Å². The second kappa shape index (κ2) is 4.50. The standard InChI is InChI=1S/C11H15ClN4O/c1-7-10(11(12)16(3)14-7)8(17)6-9-13-4-5-15(9)2/h4-5,8,17H,6H2,1-3H3. The second-order valence-electron chi connectivity index (χ2n) is 4.09. The molecule has 0 saturated carbocycles. The molecular weight excluding hydrogens is 240 g/mol. The average molecular weight is 255 g/mol. The molecule has 1 atom stereocenters. The average Bonchev–Trinajstić information content (AvgIpc) is 2.74. The molecule has 0 aromatic carbocycles. The fourth-order valence-electron chi connectivity index (χ4n) is 1.89. The molecule has 2 rings (SSSR count). The van der Waals surface area contributed by atoms with E-state index in [1.165, 1.54) is 0 Å². The molecule has 0 aliphatic rings. The normalized spacial score (nSPS) is 13.0. The van der Waals surface area contributed by atoms with E-state index in [0.717, 1.165) is 11.5 Å². The number of halogens is 1. The van der Waals surface area contributed by atoms with E-state index >= 15 is 0 Å². The van der Waals surface area contributed by atoms with Gasteiger partial charge in [0.15, 0.2) is 0 Å². The van der Waals surface area contributed by atoms with Crippen molar-refractivity contribution in [1.82, 2.24) is 19.3 Å². The van der Waals surface area contributed by atoms with E-state index in [1.807, 2.05) is 24.7 Å². The Kier molecular flexibility index (Phi) is 3.22. The number of aromatic nitrogens is 4. The molecule has 92 valence electrons. The maximum Gasteiger partial charge on any atom is 0.132 e. The van der Waals surface area contributed by atoms with Gasteiger partial charge < -0.3 is 9.67 Å². The Morgan fingerprint density at radius 2 is 2.18 bits per heavy atom. The van der Waals surface area contributed by atoms with Crippen molar-refractivity contribution >= 4 is 11.6 Å². The lowest BCUT2D eigenvalue weighted by atomic mass is 10.1. The van der Waals surface area contributed by atoms with Crippen molar-refractivity contribution in [3.8, 4) is 0 Å². The van der Waals surface area contributed by atoms with Crippen LogP contribution in [0.4, 0.5) is 0 Å². The summed E-state index contributed by atoms with van der Waals surface area (Å²) in [6.07, 6.45) is 3.30. The van der Waals surface area contributed by atoms with Crippen LogP contribution in [0.2, 0.25) is 5.15 Å². The van der Waals surface area contributed by atoms with Crippen LogP contribution < -0.4 is 0 Å². The highest BCUT2D eigenvalue weighted by Gasteiger charge is 2.20. The summed E-state index contributed by atoms with van der Waals surface area (Å²) in [5.41, 5.74) is 1.43. The number of aryl methyl sites for hydroxylation is 3. The number of imidazole rings is 1. The Bertz CT molecular complexity index is 532. The van der Waals surface area contributed by atoms with Gasteiger partial charge in [-0.2, -0.15) is 5.10 Å². The highest BCUT2D eigenvalue weighted by atomic mass is 35.5. The van der Waals surface area contributed by atoms with Crippen molar-refractivity contribution in [2.45, 2.75) is 19.4 Å². The lowest BCUT2D eigenvalue weighted by Gasteiger charge is -2.10. The number of hydrogen-bond donors (Lipinski definition) is 1. The van der Waals surface area contributed by atoms with Gasteiger partial charge in [-0.3, -0.25) is 4.68 Å².